The van der Waals surface area contributed by atoms with Crippen molar-refractivity contribution in [2.75, 3.05) is 18.0 Å². The number of pyridine rings is 1. The van der Waals surface area contributed by atoms with Gasteiger partial charge in [0.15, 0.2) is 5.65 Å². The quantitative estimate of drug-likeness (QED) is 0.556. The van der Waals surface area contributed by atoms with Crippen LogP contribution in [0.3, 0.4) is 0 Å². The summed E-state index contributed by atoms with van der Waals surface area (Å²) in [5.74, 6) is 1.50. The Morgan fingerprint density at radius 2 is 1.88 bits per heavy atom. The van der Waals surface area contributed by atoms with E-state index in [-0.39, 0.29) is 0 Å². The topological polar surface area (TPSA) is 44.8 Å². The fraction of sp³-hybridized carbons (Fsp3) is 0.368. The van der Waals surface area contributed by atoms with Crippen molar-refractivity contribution in [1.82, 2.24) is 15.0 Å². The number of fused-ring (bicyclic) bond motifs is 1. The van der Waals surface area contributed by atoms with Crippen LogP contribution in [0.2, 0.25) is 15.2 Å². The molecule has 2 aromatic heterocycles. The van der Waals surface area contributed by atoms with E-state index in [1.807, 2.05) is 18.2 Å². The molecule has 0 saturated carbocycles. The van der Waals surface area contributed by atoms with Crippen LogP contribution in [-0.2, 0) is 6.42 Å². The summed E-state index contributed by atoms with van der Waals surface area (Å²) in [4.78, 5) is 14.6. The Morgan fingerprint density at radius 1 is 1.08 bits per heavy atom. The van der Waals surface area contributed by atoms with Gasteiger partial charge in [0, 0.05) is 23.1 Å². The van der Waals surface area contributed by atoms with Crippen molar-refractivity contribution < 1.29 is 0 Å². The minimum Gasteiger partial charge on any atom is -0.342 e. The number of aromatic nitrogens is 3. The zero-order chi connectivity index (χ0) is 18.1. The highest BCUT2D eigenvalue weighted by Crippen LogP contribution is 2.27. The molecule has 0 spiro atoms. The van der Waals surface area contributed by atoms with E-state index in [9.17, 15) is 0 Å². The van der Waals surface area contributed by atoms with Crippen LogP contribution in [0.25, 0.3) is 11.2 Å². The Hall–Kier alpha value is -1.49. The Bertz CT molecular complexity index is 904. The molecule has 0 amide bonds. The molecule has 3 heterocycles. The summed E-state index contributed by atoms with van der Waals surface area (Å²) in [6, 6.07) is 9.48. The van der Waals surface area contributed by atoms with E-state index in [1.54, 1.807) is 12.1 Å². The molecule has 136 valence electrons. The molecule has 1 atom stereocenters. The normalized spacial score (nSPS) is 17.8. The third-order valence-electron chi connectivity index (χ3n) is 4.88. The second-order valence-corrected chi connectivity index (χ2v) is 8.10. The molecule has 0 bridgehead atoms. The second kappa shape index (κ2) is 7.63. The van der Waals surface area contributed by atoms with Crippen LogP contribution in [0.15, 0.2) is 30.3 Å². The minimum absolute atomic E-state index is 0.465. The Kier molecular flexibility index (Phi) is 5.25. The molecule has 1 aliphatic rings. The van der Waals surface area contributed by atoms with E-state index in [0.717, 1.165) is 43.8 Å². The number of halogens is 3. The molecule has 0 aliphatic carbocycles. The van der Waals surface area contributed by atoms with Gasteiger partial charge in [-0.05, 0) is 67.5 Å². The molecule has 1 saturated heterocycles. The summed E-state index contributed by atoms with van der Waals surface area (Å²) in [6.07, 6.45) is 4.48. The first kappa shape index (κ1) is 17.9. The summed E-state index contributed by atoms with van der Waals surface area (Å²) in [6.45, 7) is 1.99. The Balaban J connectivity index is 1.43. The van der Waals surface area contributed by atoms with Crippen molar-refractivity contribution in [1.29, 1.82) is 0 Å². The Morgan fingerprint density at radius 3 is 2.69 bits per heavy atom. The predicted molar refractivity (Wildman–Crippen MR) is 109 cm³/mol. The lowest BCUT2D eigenvalue weighted by Crippen LogP contribution is -2.36. The summed E-state index contributed by atoms with van der Waals surface area (Å²) in [5, 5.41) is 1.87. The predicted octanol–water partition coefficient (Wildman–Crippen LogP) is 5.77. The first-order valence-corrected chi connectivity index (χ1v) is 9.92. The van der Waals surface area contributed by atoms with Gasteiger partial charge in [-0.15, -0.1) is 0 Å². The number of H-pyrrole nitrogens is 1. The number of imidazole rings is 1. The first-order valence-electron chi connectivity index (χ1n) is 8.79. The smallest absolute Gasteiger partial charge is 0.205 e. The van der Waals surface area contributed by atoms with E-state index >= 15 is 0 Å². The van der Waals surface area contributed by atoms with Gasteiger partial charge in [-0.1, -0.05) is 34.8 Å². The largest absolute Gasteiger partial charge is 0.342 e. The van der Waals surface area contributed by atoms with Gasteiger partial charge >= 0.3 is 0 Å². The third kappa shape index (κ3) is 4.08. The SMILES string of the molecule is Clc1cc(Cl)cc(CC[C@H]2CCCN(c3nc4nc(Cl)ccc4[nH]3)C2)c1. The fourth-order valence-corrected chi connectivity index (χ4v) is 4.34. The zero-order valence-corrected chi connectivity index (χ0v) is 16.5. The van der Waals surface area contributed by atoms with E-state index in [0.29, 0.717) is 26.8 Å². The van der Waals surface area contributed by atoms with E-state index in [2.05, 4.69) is 19.9 Å². The zero-order valence-electron chi connectivity index (χ0n) is 14.2. The average molecular weight is 410 g/mol. The van der Waals surface area contributed by atoms with Crippen LogP contribution in [0.4, 0.5) is 5.95 Å². The maximum atomic E-state index is 6.10. The fourth-order valence-electron chi connectivity index (χ4n) is 3.63. The molecule has 0 unspecified atom stereocenters. The maximum absolute atomic E-state index is 6.10. The van der Waals surface area contributed by atoms with Crippen molar-refractivity contribution in [3.8, 4) is 0 Å². The van der Waals surface area contributed by atoms with Crippen LogP contribution in [-0.4, -0.2) is 28.0 Å². The van der Waals surface area contributed by atoms with Crippen LogP contribution in [0.5, 0.6) is 0 Å². The molecule has 4 nitrogen and oxygen atoms in total. The van der Waals surface area contributed by atoms with Crippen molar-refractivity contribution in [3.05, 3.63) is 51.1 Å². The number of aromatic amines is 1. The van der Waals surface area contributed by atoms with Gasteiger partial charge in [-0.3, -0.25) is 0 Å². The minimum atomic E-state index is 0.465. The molecule has 4 rings (SSSR count). The van der Waals surface area contributed by atoms with Gasteiger partial charge in [-0.2, -0.15) is 4.98 Å². The van der Waals surface area contributed by atoms with Crippen LogP contribution < -0.4 is 4.90 Å². The van der Waals surface area contributed by atoms with Crippen molar-refractivity contribution in [2.24, 2.45) is 5.92 Å². The lowest BCUT2D eigenvalue weighted by atomic mass is 9.92. The molecular formula is C19H19Cl3N4. The molecule has 0 radical (unpaired) electrons. The van der Waals surface area contributed by atoms with E-state index in [4.69, 9.17) is 34.8 Å². The van der Waals surface area contributed by atoms with Crippen LogP contribution in [0, 0.1) is 5.92 Å². The highest BCUT2D eigenvalue weighted by molar-refractivity contribution is 6.34. The van der Waals surface area contributed by atoms with Crippen LogP contribution >= 0.6 is 34.8 Å². The third-order valence-corrected chi connectivity index (χ3v) is 5.53. The van der Waals surface area contributed by atoms with Gasteiger partial charge in [0.1, 0.15) is 5.15 Å². The number of anilines is 1. The van der Waals surface area contributed by atoms with E-state index in [1.165, 1.54) is 12.0 Å². The van der Waals surface area contributed by atoms with Crippen molar-refractivity contribution >= 4 is 51.9 Å². The van der Waals surface area contributed by atoms with Gasteiger partial charge in [0.2, 0.25) is 5.95 Å². The average Bonchev–Trinajstić information content (AvgIpc) is 3.03. The highest BCUT2D eigenvalue weighted by Gasteiger charge is 2.22. The second-order valence-electron chi connectivity index (χ2n) is 6.84. The molecule has 7 heteroatoms. The van der Waals surface area contributed by atoms with Crippen LogP contribution in [0.1, 0.15) is 24.8 Å². The van der Waals surface area contributed by atoms with Gasteiger partial charge in [0.05, 0.1) is 5.52 Å². The molecule has 1 aromatic carbocycles. The number of hydrogen-bond acceptors (Lipinski definition) is 3. The number of aryl methyl sites for hydroxylation is 1. The molecular weight excluding hydrogens is 391 g/mol. The molecule has 1 aliphatic heterocycles. The maximum Gasteiger partial charge on any atom is 0.205 e. The number of rotatable bonds is 4. The number of nitrogens with zero attached hydrogens (tertiary/aromatic N) is 3. The van der Waals surface area contributed by atoms with Crippen molar-refractivity contribution in [2.45, 2.75) is 25.7 Å². The lowest BCUT2D eigenvalue weighted by Gasteiger charge is -2.32. The summed E-state index contributed by atoms with van der Waals surface area (Å²) < 4.78 is 0. The van der Waals surface area contributed by atoms with Crippen molar-refractivity contribution in [3.63, 3.8) is 0 Å². The lowest BCUT2D eigenvalue weighted by molar-refractivity contribution is 0.389. The van der Waals surface area contributed by atoms with Gasteiger partial charge in [-0.25, -0.2) is 4.98 Å². The van der Waals surface area contributed by atoms with Gasteiger partial charge < -0.3 is 9.88 Å². The van der Waals surface area contributed by atoms with Gasteiger partial charge in [0.25, 0.3) is 0 Å². The molecule has 1 N–H and O–H groups in total. The number of piperidine rings is 1. The molecule has 3 aromatic rings. The Labute approximate surface area is 167 Å². The summed E-state index contributed by atoms with van der Waals surface area (Å²) >= 11 is 18.2. The summed E-state index contributed by atoms with van der Waals surface area (Å²) in [5.41, 5.74) is 2.78. The first-order chi connectivity index (χ1) is 12.6. The molecule has 26 heavy (non-hydrogen) atoms. The highest BCUT2D eigenvalue weighted by atomic mass is 35.5. The van der Waals surface area contributed by atoms with E-state index < -0.39 is 0 Å². The molecule has 1 fully saturated rings. The number of benzene rings is 1. The number of nitrogens with one attached hydrogen (secondary N) is 1. The summed E-state index contributed by atoms with van der Waals surface area (Å²) in [7, 11) is 0. The monoisotopic (exact) mass is 408 g/mol. The number of hydrogen-bond donors (Lipinski definition) is 1. The standard InChI is InChI=1S/C19H19Cl3N4/c20-14-8-13(9-15(21)10-14)4-3-12-2-1-7-26(11-12)19-23-16-5-6-17(22)24-18(16)25-19/h5-6,8-10,12H,1-4,7,11H2,(H,23,24,25)/t12-/m1/s1.